The van der Waals surface area contributed by atoms with Crippen molar-refractivity contribution in [2.24, 2.45) is 10.8 Å². The highest BCUT2D eigenvalue weighted by molar-refractivity contribution is 5.81. The number of carbonyl (C=O) groups excluding carboxylic acids is 2. The van der Waals surface area contributed by atoms with Gasteiger partial charge < -0.3 is 10.6 Å². The van der Waals surface area contributed by atoms with E-state index in [9.17, 15) is 9.59 Å². The van der Waals surface area contributed by atoms with Crippen LogP contribution < -0.4 is 10.6 Å². The van der Waals surface area contributed by atoms with Gasteiger partial charge in [-0.2, -0.15) is 0 Å². The van der Waals surface area contributed by atoms with Crippen LogP contribution in [0.15, 0.2) is 0 Å². The highest BCUT2D eigenvalue weighted by Crippen LogP contribution is 2.33. The Balaban J connectivity index is 3.69. The molecular formula is C20H40N2O2. The van der Waals surface area contributed by atoms with Crippen LogP contribution in [-0.4, -0.2) is 24.9 Å². The average molecular weight is 341 g/mol. The van der Waals surface area contributed by atoms with Crippen molar-refractivity contribution in [2.75, 3.05) is 13.1 Å². The van der Waals surface area contributed by atoms with Gasteiger partial charge >= 0.3 is 0 Å². The molecule has 0 aromatic rings. The molecule has 0 saturated carbocycles. The number of hydrogen-bond donors (Lipinski definition) is 2. The second-order valence-electron chi connectivity index (χ2n) is 8.74. The van der Waals surface area contributed by atoms with Crippen molar-refractivity contribution < 1.29 is 9.59 Å². The number of amides is 2. The molecule has 0 aliphatic rings. The maximum atomic E-state index is 12.3. The zero-order valence-electron chi connectivity index (χ0n) is 16.9. The van der Waals surface area contributed by atoms with Crippen molar-refractivity contribution >= 4 is 11.8 Å². The lowest BCUT2D eigenvalue weighted by Gasteiger charge is -2.31. The minimum absolute atomic E-state index is 0.146. The van der Waals surface area contributed by atoms with Gasteiger partial charge in [-0.3, -0.25) is 9.59 Å². The lowest BCUT2D eigenvalue weighted by molar-refractivity contribution is -0.130. The van der Waals surface area contributed by atoms with Crippen molar-refractivity contribution in [3.05, 3.63) is 0 Å². The predicted molar refractivity (Wildman–Crippen MR) is 102 cm³/mol. The SMILES string of the molecule is CCCCNC(=O)CCCCCCNC(=O)C(C)(C)CC(C)(C)C. The van der Waals surface area contributed by atoms with Gasteiger partial charge in [-0.05, 0) is 31.1 Å². The first-order valence-electron chi connectivity index (χ1n) is 9.63. The Kier molecular flexibility index (Phi) is 11.0. The van der Waals surface area contributed by atoms with E-state index < -0.39 is 0 Å². The Morgan fingerprint density at radius 3 is 1.96 bits per heavy atom. The Hall–Kier alpha value is -1.06. The molecule has 0 atom stereocenters. The van der Waals surface area contributed by atoms with E-state index in [1.54, 1.807) is 0 Å². The van der Waals surface area contributed by atoms with Crippen molar-refractivity contribution in [3.63, 3.8) is 0 Å². The van der Waals surface area contributed by atoms with Crippen LogP contribution in [0.4, 0.5) is 0 Å². The van der Waals surface area contributed by atoms with E-state index in [1.165, 1.54) is 0 Å². The molecule has 0 aliphatic heterocycles. The first-order chi connectivity index (χ1) is 11.1. The molecule has 142 valence electrons. The van der Waals surface area contributed by atoms with Crippen LogP contribution in [0.5, 0.6) is 0 Å². The molecule has 0 aromatic carbocycles. The maximum Gasteiger partial charge on any atom is 0.225 e. The maximum absolute atomic E-state index is 12.3. The van der Waals surface area contributed by atoms with Crippen LogP contribution in [0, 0.1) is 10.8 Å². The first kappa shape index (κ1) is 22.9. The molecule has 4 nitrogen and oxygen atoms in total. The number of nitrogens with one attached hydrogen (secondary N) is 2. The van der Waals surface area contributed by atoms with E-state index in [0.29, 0.717) is 6.42 Å². The topological polar surface area (TPSA) is 58.2 Å². The summed E-state index contributed by atoms with van der Waals surface area (Å²) >= 11 is 0. The fourth-order valence-electron chi connectivity index (χ4n) is 3.10. The normalized spacial score (nSPS) is 12.1. The van der Waals surface area contributed by atoms with Crippen LogP contribution in [0.25, 0.3) is 0 Å². The van der Waals surface area contributed by atoms with Gasteiger partial charge in [0.2, 0.25) is 11.8 Å². The molecule has 0 aromatic heterocycles. The highest BCUT2D eigenvalue weighted by Gasteiger charge is 2.32. The van der Waals surface area contributed by atoms with E-state index in [0.717, 1.165) is 58.0 Å². The van der Waals surface area contributed by atoms with Crippen LogP contribution in [0.1, 0.15) is 92.9 Å². The van der Waals surface area contributed by atoms with Gasteiger partial charge in [0.05, 0.1) is 0 Å². The third-order valence-electron chi connectivity index (χ3n) is 4.06. The Morgan fingerprint density at radius 1 is 0.792 bits per heavy atom. The summed E-state index contributed by atoms with van der Waals surface area (Å²) in [6.07, 6.45) is 7.67. The number of carbonyl (C=O) groups is 2. The lowest BCUT2D eigenvalue weighted by atomic mass is 9.76. The molecule has 0 saturated heterocycles. The molecule has 0 bridgehead atoms. The molecule has 0 unspecified atom stereocenters. The van der Waals surface area contributed by atoms with Crippen LogP contribution in [0.3, 0.4) is 0 Å². The smallest absolute Gasteiger partial charge is 0.225 e. The van der Waals surface area contributed by atoms with E-state index in [-0.39, 0.29) is 22.6 Å². The third-order valence-corrected chi connectivity index (χ3v) is 4.06. The van der Waals surface area contributed by atoms with Crippen molar-refractivity contribution in [1.82, 2.24) is 10.6 Å². The van der Waals surface area contributed by atoms with Crippen LogP contribution in [0.2, 0.25) is 0 Å². The Bertz CT molecular complexity index is 370. The second-order valence-corrected chi connectivity index (χ2v) is 8.74. The van der Waals surface area contributed by atoms with Gasteiger partial charge in [0, 0.05) is 24.9 Å². The second kappa shape index (κ2) is 11.5. The summed E-state index contributed by atoms with van der Waals surface area (Å²) in [5.74, 6) is 0.313. The molecule has 24 heavy (non-hydrogen) atoms. The van der Waals surface area contributed by atoms with Gasteiger partial charge in [-0.15, -0.1) is 0 Å². The third kappa shape index (κ3) is 12.4. The summed E-state index contributed by atoms with van der Waals surface area (Å²) in [6, 6.07) is 0. The average Bonchev–Trinajstić information content (AvgIpc) is 2.43. The van der Waals surface area contributed by atoms with Gasteiger partial charge in [0.1, 0.15) is 0 Å². The quantitative estimate of drug-likeness (QED) is 0.516. The summed E-state index contributed by atoms with van der Waals surface area (Å²) in [5, 5.41) is 6.00. The van der Waals surface area contributed by atoms with E-state index >= 15 is 0 Å². The molecule has 0 aliphatic carbocycles. The van der Waals surface area contributed by atoms with Gasteiger partial charge in [0.25, 0.3) is 0 Å². The number of hydrogen-bond acceptors (Lipinski definition) is 2. The highest BCUT2D eigenvalue weighted by atomic mass is 16.2. The summed E-state index contributed by atoms with van der Waals surface area (Å²) in [6.45, 7) is 14.2. The van der Waals surface area contributed by atoms with Gasteiger partial charge in [-0.1, -0.05) is 60.8 Å². The van der Waals surface area contributed by atoms with E-state index in [1.807, 2.05) is 13.8 Å². The van der Waals surface area contributed by atoms with Crippen molar-refractivity contribution in [2.45, 2.75) is 92.9 Å². The Labute approximate surface area is 149 Å². The largest absolute Gasteiger partial charge is 0.356 e. The number of unbranched alkanes of at least 4 members (excludes halogenated alkanes) is 4. The lowest BCUT2D eigenvalue weighted by Crippen LogP contribution is -2.39. The predicted octanol–water partition coefficient (Wildman–Crippen LogP) is 4.43. The fourth-order valence-corrected chi connectivity index (χ4v) is 3.10. The zero-order valence-corrected chi connectivity index (χ0v) is 16.9. The van der Waals surface area contributed by atoms with Crippen molar-refractivity contribution in [3.8, 4) is 0 Å². The molecule has 0 fully saturated rings. The van der Waals surface area contributed by atoms with E-state index in [4.69, 9.17) is 0 Å². The molecule has 0 rings (SSSR count). The van der Waals surface area contributed by atoms with Gasteiger partial charge in [-0.25, -0.2) is 0 Å². The summed E-state index contributed by atoms with van der Waals surface area (Å²) in [5.41, 5.74) is -0.173. The number of rotatable bonds is 12. The Morgan fingerprint density at radius 2 is 1.38 bits per heavy atom. The monoisotopic (exact) mass is 340 g/mol. The first-order valence-corrected chi connectivity index (χ1v) is 9.63. The molecule has 0 radical (unpaired) electrons. The molecule has 0 heterocycles. The minimum atomic E-state index is -0.325. The molecular weight excluding hydrogens is 300 g/mol. The van der Waals surface area contributed by atoms with Crippen molar-refractivity contribution in [1.29, 1.82) is 0 Å². The molecule has 2 N–H and O–H groups in total. The summed E-state index contributed by atoms with van der Waals surface area (Å²) in [7, 11) is 0. The minimum Gasteiger partial charge on any atom is -0.356 e. The van der Waals surface area contributed by atoms with Crippen LogP contribution in [-0.2, 0) is 9.59 Å². The van der Waals surface area contributed by atoms with Crippen LogP contribution >= 0.6 is 0 Å². The zero-order chi connectivity index (χ0) is 18.6. The summed E-state index contributed by atoms with van der Waals surface area (Å²) < 4.78 is 0. The van der Waals surface area contributed by atoms with Gasteiger partial charge in [0.15, 0.2) is 0 Å². The standard InChI is InChI=1S/C20H40N2O2/c1-7-8-14-21-17(23)13-11-9-10-12-15-22-18(24)20(5,6)16-19(2,3)4/h7-16H2,1-6H3,(H,21,23)(H,22,24). The molecule has 2 amide bonds. The molecule has 4 heteroatoms. The van der Waals surface area contributed by atoms with E-state index in [2.05, 4.69) is 38.3 Å². The fraction of sp³-hybridized carbons (Fsp3) is 0.900. The summed E-state index contributed by atoms with van der Waals surface area (Å²) in [4.78, 5) is 23.8. The molecule has 0 spiro atoms.